The molecule has 0 aliphatic heterocycles. The Kier molecular flexibility index (Phi) is 6.84. The van der Waals surface area contributed by atoms with Crippen molar-refractivity contribution in [2.45, 2.75) is 25.8 Å². The second-order valence-corrected chi connectivity index (χ2v) is 4.77. The minimum absolute atomic E-state index is 0.0378. The molecule has 0 spiro atoms. The number of urea groups is 1. The average molecular weight is 275 g/mol. The van der Waals surface area contributed by atoms with Crippen molar-refractivity contribution in [1.82, 2.24) is 10.2 Å². The van der Waals surface area contributed by atoms with E-state index in [4.69, 9.17) is 15.6 Å². The van der Waals surface area contributed by atoms with Crippen molar-refractivity contribution in [3.8, 4) is 0 Å². The Labute approximate surface area is 111 Å². The highest BCUT2D eigenvalue weighted by molar-refractivity contribution is 5.81. The first-order valence-corrected chi connectivity index (χ1v) is 5.74. The quantitative estimate of drug-likeness (QED) is 0.545. The molecule has 0 atom stereocenters. The maximum Gasteiger partial charge on any atom is 0.323 e. The number of hydrogen-bond acceptors (Lipinski definition) is 4. The van der Waals surface area contributed by atoms with Gasteiger partial charge in [0.05, 0.1) is 6.61 Å². The number of nitrogens with one attached hydrogen (secondary N) is 1. The van der Waals surface area contributed by atoms with Crippen molar-refractivity contribution in [3.63, 3.8) is 0 Å². The molecule has 0 unspecified atom stereocenters. The summed E-state index contributed by atoms with van der Waals surface area (Å²) >= 11 is 0. The van der Waals surface area contributed by atoms with Crippen LogP contribution in [0.2, 0.25) is 0 Å². The van der Waals surface area contributed by atoms with E-state index in [9.17, 15) is 14.4 Å². The maximum absolute atomic E-state index is 11.9. The Morgan fingerprint density at radius 3 is 2.37 bits per heavy atom. The number of carbonyl (C=O) groups is 3. The number of methoxy groups -OCH3 is 1. The van der Waals surface area contributed by atoms with Gasteiger partial charge in [-0.05, 0) is 13.8 Å². The van der Waals surface area contributed by atoms with Crippen LogP contribution in [0.15, 0.2) is 0 Å². The van der Waals surface area contributed by atoms with E-state index < -0.39 is 30.0 Å². The molecule has 0 aromatic carbocycles. The third kappa shape index (κ3) is 7.98. The number of primary amides is 1. The molecular formula is C11H21N3O5. The molecule has 19 heavy (non-hydrogen) atoms. The zero-order chi connectivity index (χ0) is 15.1. The van der Waals surface area contributed by atoms with Crippen LogP contribution in [-0.4, -0.2) is 60.3 Å². The standard InChI is InChI=1S/C11H21N3O5/c1-11(2,6-8(12)15)13-10(18)14(4-5-19-3)7-9(16)17/h4-7H2,1-3H3,(H2,12,15)(H,13,18)(H,16,17). The highest BCUT2D eigenvalue weighted by atomic mass is 16.5. The van der Waals surface area contributed by atoms with Gasteiger partial charge < -0.3 is 25.8 Å². The number of hydrogen-bond donors (Lipinski definition) is 3. The predicted molar refractivity (Wildman–Crippen MR) is 67.5 cm³/mol. The SMILES string of the molecule is COCCN(CC(=O)O)C(=O)NC(C)(C)CC(N)=O. The molecule has 110 valence electrons. The number of aliphatic carboxylic acids is 1. The first-order valence-electron chi connectivity index (χ1n) is 5.74. The largest absolute Gasteiger partial charge is 0.480 e. The minimum atomic E-state index is -1.13. The fourth-order valence-corrected chi connectivity index (χ4v) is 1.47. The third-order valence-electron chi connectivity index (χ3n) is 2.24. The molecule has 8 heteroatoms. The van der Waals surface area contributed by atoms with Gasteiger partial charge in [-0.15, -0.1) is 0 Å². The highest BCUT2D eigenvalue weighted by Crippen LogP contribution is 2.08. The van der Waals surface area contributed by atoms with Gasteiger partial charge in [0.2, 0.25) is 5.91 Å². The van der Waals surface area contributed by atoms with Crippen LogP contribution in [0.1, 0.15) is 20.3 Å². The van der Waals surface area contributed by atoms with Gasteiger partial charge in [0.1, 0.15) is 6.54 Å². The number of carbonyl (C=O) groups excluding carboxylic acids is 2. The van der Waals surface area contributed by atoms with Crippen molar-refractivity contribution in [2.24, 2.45) is 5.73 Å². The zero-order valence-electron chi connectivity index (χ0n) is 11.4. The molecule has 0 saturated heterocycles. The fraction of sp³-hybridized carbons (Fsp3) is 0.727. The van der Waals surface area contributed by atoms with Gasteiger partial charge in [-0.25, -0.2) is 4.79 Å². The van der Waals surface area contributed by atoms with Gasteiger partial charge in [-0.3, -0.25) is 9.59 Å². The third-order valence-corrected chi connectivity index (χ3v) is 2.24. The van der Waals surface area contributed by atoms with Crippen LogP contribution < -0.4 is 11.1 Å². The van der Waals surface area contributed by atoms with Crippen LogP contribution in [0.3, 0.4) is 0 Å². The molecule has 0 saturated carbocycles. The Morgan fingerprint density at radius 2 is 1.95 bits per heavy atom. The summed E-state index contributed by atoms with van der Waals surface area (Å²) in [6.07, 6.45) is -0.0378. The van der Waals surface area contributed by atoms with Crippen molar-refractivity contribution >= 4 is 17.9 Å². The van der Waals surface area contributed by atoms with Crippen LogP contribution in [0, 0.1) is 0 Å². The van der Waals surface area contributed by atoms with E-state index in [0.717, 1.165) is 4.90 Å². The summed E-state index contributed by atoms with van der Waals surface area (Å²) in [5, 5.41) is 11.3. The Balaban J connectivity index is 4.61. The van der Waals surface area contributed by atoms with Gasteiger partial charge in [0, 0.05) is 25.6 Å². The molecule has 3 amide bonds. The van der Waals surface area contributed by atoms with Crippen molar-refractivity contribution in [1.29, 1.82) is 0 Å². The molecular weight excluding hydrogens is 254 g/mol. The van der Waals surface area contributed by atoms with Crippen molar-refractivity contribution in [2.75, 3.05) is 26.8 Å². The fourth-order valence-electron chi connectivity index (χ4n) is 1.47. The normalized spacial score (nSPS) is 10.9. The summed E-state index contributed by atoms with van der Waals surface area (Å²) in [5.41, 5.74) is 4.23. The Bertz CT molecular complexity index is 343. The smallest absolute Gasteiger partial charge is 0.323 e. The second-order valence-electron chi connectivity index (χ2n) is 4.77. The molecule has 0 aromatic rings. The second kappa shape index (κ2) is 7.57. The maximum atomic E-state index is 11.9. The summed E-state index contributed by atoms with van der Waals surface area (Å²) in [7, 11) is 1.45. The summed E-state index contributed by atoms with van der Waals surface area (Å²) in [6, 6.07) is -0.578. The minimum Gasteiger partial charge on any atom is -0.480 e. The number of amides is 3. The summed E-state index contributed by atoms with van der Waals surface area (Å²) in [5.74, 6) is -1.68. The number of ether oxygens (including phenoxy) is 1. The van der Waals surface area contributed by atoms with Crippen LogP contribution >= 0.6 is 0 Å². The van der Waals surface area contributed by atoms with Crippen LogP contribution in [0.5, 0.6) is 0 Å². The van der Waals surface area contributed by atoms with Crippen molar-refractivity contribution < 1.29 is 24.2 Å². The molecule has 0 heterocycles. The summed E-state index contributed by atoms with van der Waals surface area (Å²) < 4.78 is 4.81. The van der Waals surface area contributed by atoms with E-state index in [1.807, 2.05) is 0 Å². The van der Waals surface area contributed by atoms with E-state index in [2.05, 4.69) is 5.32 Å². The number of nitrogens with two attached hydrogens (primary N) is 1. The number of carboxylic acid groups (broad SMARTS) is 1. The molecule has 0 bridgehead atoms. The van der Waals surface area contributed by atoms with Gasteiger partial charge in [0.15, 0.2) is 0 Å². The van der Waals surface area contributed by atoms with Crippen molar-refractivity contribution in [3.05, 3.63) is 0 Å². The molecule has 8 nitrogen and oxygen atoms in total. The van der Waals surface area contributed by atoms with Gasteiger partial charge in [0.25, 0.3) is 0 Å². The zero-order valence-corrected chi connectivity index (χ0v) is 11.4. The lowest BCUT2D eigenvalue weighted by Crippen LogP contribution is -2.53. The van der Waals surface area contributed by atoms with Crippen LogP contribution in [0.25, 0.3) is 0 Å². The van der Waals surface area contributed by atoms with Gasteiger partial charge in [-0.2, -0.15) is 0 Å². The monoisotopic (exact) mass is 275 g/mol. The predicted octanol–water partition coefficient (Wildman–Crippen LogP) is -0.617. The summed E-state index contributed by atoms with van der Waals surface area (Å²) in [6.45, 7) is 3.18. The van der Waals surface area contributed by atoms with E-state index in [0.29, 0.717) is 0 Å². The number of rotatable bonds is 8. The molecule has 0 aromatic heterocycles. The van der Waals surface area contributed by atoms with E-state index in [1.165, 1.54) is 7.11 Å². The topological polar surface area (TPSA) is 122 Å². The lowest BCUT2D eigenvalue weighted by atomic mass is 10.0. The molecule has 0 aliphatic carbocycles. The highest BCUT2D eigenvalue weighted by Gasteiger charge is 2.26. The molecule has 0 rings (SSSR count). The van der Waals surface area contributed by atoms with E-state index >= 15 is 0 Å². The van der Waals surface area contributed by atoms with E-state index in [1.54, 1.807) is 13.8 Å². The van der Waals surface area contributed by atoms with Crippen LogP contribution in [-0.2, 0) is 14.3 Å². The first-order chi connectivity index (χ1) is 8.68. The lowest BCUT2D eigenvalue weighted by molar-refractivity contribution is -0.137. The number of nitrogens with zero attached hydrogens (tertiary/aromatic N) is 1. The van der Waals surface area contributed by atoms with E-state index in [-0.39, 0.29) is 19.6 Å². The Hall–Kier alpha value is -1.83. The molecule has 4 N–H and O–H groups in total. The lowest BCUT2D eigenvalue weighted by Gasteiger charge is -2.29. The molecule has 0 aliphatic rings. The first kappa shape index (κ1) is 17.2. The van der Waals surface area contributed by atoms with Crippen LogP contribution in [0.4, 0.5) is 4.79 Å². The molecule has 0 fully saturated rings. The van der Waals surface area contributed by atoms with Gasteiger partial charge >= 0.3 is 12.0 Å². The Morgan fingerprint density at radius 1 is 1.37 bits per heavy atom. The average Bonchev–Trinajstić information content (AvgIpc) is 2.20. The molecule has 0 radical (unpaired) electrons. The number of carboxylic acids is 1. The van der Waals surface area contributed by atoms with Gasteiger partial charge in [-0.1, -0.05) is 0 Å². The summed E-state index contributed by atoms with van der Waals surface area (Å²) in [4.78, 5) is 34.6.